The first-order valence-corrected chi connectivity index (χ1v) is 11.6. The number of likely N-dealkylation sites (tertiary alicyclic amines) is 1. The Labute approximate surface area is 195 Å². The first-order valence-electron chi connectivity index (χ1n) is 11.6. The predicted molar refractivity (Wildman–Crippen MR) is 129 cm³/mol. The van der Waals surface area contributed by atoms with Gasteiger partial charge in [0.05, 0.1) is 5.69 Å². The number of nitrogens with one attached hydrogen (secondary N) is 1. The van der Waals surface area contributed by atoms with E-state index in [1.807, 2.05) is 36.4 Å². The third-order valence-electron chi connectivity index (χ3n) is 5.90. The first-order chi connectivity index (χ1) is 16.0. The van der Waals surface area contributed by atoms with Gasteiger partial charge in [0.15, 0.2) is 6.10 Å². The van der Waals surface area contributed by atoms with Crippen LogP contribution < -0.4 is 10.2 Å². The van der Waals surface area contributed by atoms with Gasteiger partial charge in [-0.15, -0.1) is 0 Å². The maximum absolute atomic E-state index is 12.6. The molecular weight excluding hydrogens is 420 g/mol. The molecule has 2 N–H and O–H groups in total. The fourth-order valence-corrected chi connectivity index (χ4v) is 3.97. The van der Waals surface area contributed by atoms with Gasteiger partial charge in [0.2, 0.25) is 0 Å². The van der Waals surface area contributed by atoms with Gasteiger partial charge in [0, 0.05) is 50.6 Å². The molecule has 1 aromatic carbocycles. The van der Waals surface area contributed by atoms with Gasteiger partial charge >= 0.3 is 12.0 Å². The molecular formula is C25H34N4O4. The average molecular weight is 455 g/mol. The van der Waals surface area contributed by atoms with Crippen LogP contribution in [-0.4, -0.2) is 72.9 Å². The fourth-order valence-electron chi connectivity index (χ4n) is 3.97. The number of nitrogens with zero attached hydrogens (tertiary/aromatic N) is 3. The third-order valence-corrected chi connectivity index (χ3v) is 5.90. The Morgan fingerprint density at radius 2 is 1.91 bits per heavy atom. The molecule has 1 aromatic heterocycles. The summed E-state index contributed by atoms with van der Waals surface area (Å²) in [5.74, 6) is -0.965. The minimum Gasteiger partial charge on any atom is -0.479 e. The number of benzene rings is 1. The van der Waals surface area contributed by atoms with E-state index >= 15 is 0 Å². The van der Waals surface area contributed by atoms with E-state index in [4.69, 9.17) is 4.74 Å². The van der Waals surface area contributed by atoms with E-state index in [0.29, 0.717) is 19.6 Å². The molecule has 0 radical (unpaired) electrons. The number of carboxylic acids is 1. The van der Waals surface area contributed by atoms with E-state index < -0.39 is 12.1 Å². The zero-order valence-corrected chi connectivity index (χ0v) is 19.5. The van der Waals surface area contributed by atoms with Crippen molar-refractivity contribution in [3.63, 3.8) is 0 Å². The molecule has 1 unspecified atom stereocenters. The van der Waals surface area contributed by atoms with Gasteiger partial charge in [-0.1, -0.05) is 30.7 Å². The minimum atomic E-state index is -0.965. The summed E-state index contributed by atoms with van der Waals surface area (Å²) in [5.41, 5.74) is 3.26. The number of aromatic nitrogens is 1. The summed E-state index contributed by atoms with van der Waals surface area (Å²) in [7, 11) is 1.75. The number of amides is 2. The van der Waals surface area contributed by atoms with Gasteiger partial charge in [-0.2, -0.15) is 0 Å². The molecule has 2 aromatic rings. The third kappa shape index (κ3) is 7.27. The molecule has 0 spiro atoms. The number of hydrogen-bond donors (Lipinski definition) is 2. The SMILES string of the molecule is CCOC(Cc1ccc(-c2cc(N(C)C(=O)NCCN3CCCCC3)ccn2)cc1)C(=O)O. The Balaban J connectivity index is 1.58. The van der Waals surface area contributed by atoms with Crippen molar-refractivity contribution in [2.45, 2.75) is 38.7 Å². The quantitative estimate of drug-likeness (QED) is 0.571. The van der Waals surface area contributed by atoms with Crippen LogP contribution in [0.4, 0.5) is 10.5 Å². The summed E-state index contributed by atoms with van der Waals surface area (Å²) < 4.78 is 5.29. The van der Waals surface area contributed by atoms with E-state index in [9.17, 15) is 14.7 Å². The molecule has 0 saturated carbocycles. The Morgan fingerprint density at radius 3 is 2.58 bits per heavy atom. The summed E-state index contributed by atoms with van der Waals surface area (Å²) in [6.07, 6.45) is 4.91. The Morgan fingerprint density at radius 1 is 1.18 bits per heavy atom. The lowest BCUT2D eigenvalue weighted by molar-refractivity contribution is -0.149. The van der Waals surface area contributed by atoms with Gasteiger partial charge < -0.3 is 20.1 Å². The number of piperidine rings is 1. The van der Waals surface area contributed by atoms with Crippen molar-refractivity contribution in [3.05, 3.63) is 48.2 Å². The maximum Gasteiger partial charge on any atom is 0.333 e. The van der Waals surface area contributed by atoms with Crippen molar-refractivity contribution >= 4 is 17.7 Å². The summed E-state index contributed by atoms with van der Waals surface area (Å²) in [5, 5.41) is 12.3. The summed E-state index contributed by atoms with van der Waals surface area (Å²) >= 11 is 0. The van der Waals surface area contributed by atoms with E-state index in [0.717, 1.165) is 42.1 Å². The number of urea groups is 1. The van der Waals surface area contributed by atoms with Gasteiger partial charge in [-0.05, 0) is 50.6 Å². The van der Waals surface area contributed by atoms with Crippen molar-refractivity contribution in [2.75, 3.05) is 44.7 Å². The lowest BCUT2D eigenvalue weighted by Crippen LogP contribution is -2.42. The topological polar surface area (TPSA) is 95.0 Å². The van der Waals surface area contributed by atoms with Crippen molar-refractivity contribution in [2.24, 2.45) is 0 Å². The highest BCUT2D eigenvalue weighted by Crippen LogP contribution is 2.23. The Bertz CT molecular complexity index is 913. The summed E-state index contributed by atoms with van der Waals surface area (Å²) in [4.78, 5) is 32.3. The second-order valence-corrected chi connectivity index (χ2v) is 8.28. The molecule has 8 nitrogen and oxygen atoms in total. The lowest BCUT2D eigenvalue weighted by atomic mass is 10.0. The zero-order chi connectivity index (χ0) is 23.6. The van der Waals surface area contributed by atoms with Crippen LogP contribution >= 0.6 is 0 Å². The molecule has 33 heavy (non-hydrogen) atoms. The van der Waals surface area contributed by atoms with Gasteiger partial charge in [0.25, 0.3) is 0 Å². The van der Waals surface area contributed by atoms with Gasteiger partial charge in [0.1, 0.15) is 0 Å². The molecule has 0 bridgehead atoms. The van der Waals surface area contributed by atoms with Gasteiger partial charge in [-0.3, -0.25) is 9.88 Å². The number of rotatable bonds is 10. The zero-order valence-electron chi connectivity index (χ0n) is 19.5. The predicted octanol–water partition coefficient (Wildman–Crippen LogP) is 3.41. The molecule has 2 heterocycles. The lowest BCUT2D eigenvalue weighted by Gasteiger charge is -2.27. The molecule has 1 atom stereocenters. The highest BCUT2D eigenvalue weighted by molar-refractivity contribution is 5.91. The van der Waals surface area contributed by atoms with Crippen LogP contribution in [0.15, 0.2) is 42.6 Å². The van der Waals surface area contributed by atoms with Crippen LogP contribution in [0.3, 0.4) is 0 Å². The van der Waals surface area contributed by atoms with Crippen LogP contribution in [0.25, 0.3) is 11.3 Å². The molecule has 3 rings (SSSR count). The summed E-state index contributed by atoms with van der Waals surface area (Å²) in [6, 6.07) is 11.1. The number of carboxylic acid groups (broad SMARTS) is 1. The molecule has 178 valence electrons. The van der Waals surface area contributed by atoms with E-state index in [1.165, 1.54) is 19.3 Å². The molecule has 1 aliphatic heterocycles. The van der Waals surface area contributed by atoms with Crippen molar-refractivity contribution in [1.82, 2.24) is 15.2 Å². The van der Waals surface area contributed by atoms with Crippen LogP contribution in [0.2, 0.25) is 0 Å². The smallest absolute Gasteiger partial charge is 0.333 e. The number of carbonyl (C=O) groups excluding carboxylic acids is 1. The molecule has 1 fully saturated rings. The summed E-state index contributed by atoms with van der Waals surface area (Å²) in [6.45, 7) is 5.86. The molecule has 0 aliphatic carbocycles. The fraction of sp³-hybridized carbons (Fsp3) is 0.480. The molecule has 2 amide bonds. The average Bonchev–Trinajstić information content (AvgIpc) is 2.84. The van der Waals surface area contributed by atoms with Crippen molar-refractivity contribution in [3.8, 4) is 11.3 Å². The number of aliphatic carboxylic acids is 1. The molecule has 1 saturated heterocycles. The standard InChI is InChI=1S/C25H34N4O4/c1-3-33-23(24(30)31)17-19-7-9-20(10-8-19)22-18-21(11-12-26-22)28(2)25(32)27-13-16-29-14-5-4-6-15-29/h7-12,18,23H,3-6,13-17H2,1-2H3,(H,27,32)(H,30,31). The number of anilines is 1. The van der Waals surface area contributed by atoms with Gasteiger partial charge in [-0.25, -0.2) is 9.59 Å². The normalized spacial score (nSPS) is 15.1. The van der Waals surface area contributed by atoms with Crippen LogP contribution in [0, 0.1) is 0 Å². The van der Waals surface area contributed by atoms with E-state index in [2.05, 4.69) is 15.2 Å². The number of carbonyl (C=O) groups is 2. The second-order valence-electron chi connectivity index (χ2n) is 8.28. The largest absolute Gasteiger partial charge is 0.479 e. The highest BCUT2D eigenvalue weighted by Gasteiger charge is 2.18. The molecule has 1 aliphatic rings. The van der Waals surface area contributed by atoms with Crippen molar-refractivity contribution in [1.29, 1.82) is 0 Å². The van der Waals surface area contributed by atoms with E-state index in [-0.39, 0.29) is 6.03 Å². The minimum absolute atomic E-state index is 0.143. The van der Waals surface area contributed by atoms with Crippen molar-refractivity contribution < 1.29 is 19.4 Å². The molecule has 8 heteroatoms. The van der Waals surface area contributed by atoms with Crippen LogP contribution in [-0.2, 0) is 16.0 Å². The Hall–Kier alpha value is -2.97. The second kappa shape index (κ2) is 12.3. The maximum atomic E-state index is 12.6. The number of pyridine rings is 1. The monoisotopic (exact) mass is 454 g/mol. The van der Waals surface area contributed by atoms with E-state index in [1.54, 1.807) is 25.1 Å². The number of ether oxygens (including phenoxy) is 1. The van der Waals surface area contributed by atoms with Crippen LogP contribution in [0.5, 0.6) is 0 Å². The number of hydrogen-bond acceptors (Lipinski definition) is 5. The van der Waals surface area contributed by atoms with Crippen LogP contribution in [0.1, 0.15) is 31.7 Å². The highest BCUT2D eigenvalue weighted by atomic mass is 16.5. The Kier molecular flexibility index (Phi) is 9.21. The first kappa shape index (κ1) is 24.7.